The molecule has 0 bridgehead atoms. The van der Waals surface area contributed by atoms with Crippen LogP contribution >= 0.6 is 11.8 Å². The number of aryl methyl sites for hydroxylation is 2. The highest BCUT2D eigenvalue weighted by molar-refractivity contribution is 7.99. The van der Waals surface area contributed by atoms with E-state index < -0.39 is 5.82 Å². The van der Waals surface area contributed by atoms with Crippen LogP contribution in [-0.2, 0) is 12.8 Å². The molecule has 0 aromatic heterocycles. The third-order valence-electron chi connectivity index (χ3n) is 5.73. The number of rotatable bonds is 4. The van der Waals surface area contributed by atoms with E-state index in [1.54, 1.807) is 30.3 Å². The summed E-state index contributed by atoms with van der Waals surface area (Å²) < 4.78 is 13.2. The number of thioether (sulfide) groups is 1. The summed E-state index contributed by atoms with van der Waals surface area (Å²) in [5.74, 6) is 0.593. The Labute approximate surface area is 201 Å². The van der Waals surface area contributed by atoms with Gasteiger partial charge >= 0.3 is 0 Å². The average molecular weight is 468 g/mol. The van der Waals surface area contributed by atoms with Gasteiger partial charge in [-0.25, -0.2) is 4.39 Å². The lowest BCUT2D eigenvalue weighted by molar-refractivity contribution is 0.334. The third-order valence-corrected chi connectivity index (χ3v) is 6.96. The smallest absolute Gasteiger partial charge is 0.178 e. The second-order valence-corrected chi connectivity index (χ2v) is 9.42. The quantitative estimate of drug-likeness (QED) is 0.449. The molecule has 3 aromatic rings. The molecule has 0 amide bonds. The molecule has 5 rings (SSSR count). The zero-order chi connectivity index (χ0) is 23.3. The van der Waals surface area contributed by atoms with Crippen LogP contribution in [0.2, 0.25) is 0 Å². The van der Waals surface area contributed by atoms with Gasteiger partial charge in [0.25, 0.3) is 0 Å². The number of halogens is 1. The normalized spacial score (nSPS) is 14.9. The summed E-state index contributed by atoms with van der Waals surface area (Å²) in [4.78, 5) is 3.23. The van der Waals surface area contributed by atoms with Crippen LogP contribution in [0.3, 0.4) is 0 Å². The van der Waals surface area contributed by atoms with E-state index >= 15 is 0 Å². The highest BCUT2D eigenvalue weighted by Crippen LogP contribution is 2.35. The fourth-order valence-corrected chi connectivity index (χ4v) is 5.04. The molecule has 5 heteroatoms. The van der Waals surface area contributed by atoms with Crippen molar-refractivity contribution in [3.63, 3.8) is 0 Å². The van der Waals surface area contributed by atoms with Crippen LogP contribution in [0.15, 0.2) is 77.7 Å². The molecule has 0 radical (unpaired) electrons. The minimum Gasteiger partial charge on any atom is -0.508 e. The molecule has 0 aliphatic carbocycles. The topological polar surface area (TPSA) is 43.7 Å². The van der Waals surface area contributed by atoms with E-state index in [4.69, 9.17) is 10.2 Å². The zero-order valence-corrected chi connectivity index (χ0v) is 19.9. The number of hydrogen-bond acceptors (Lipinski definition) is 4. The van der Waals surface area contributed by atoms with E-state index in [-0.39, 0.29) is 5.75 Å². The number of fused-ring (bicyclic) bond motifs is 1. The molecule has 176 valence electrons. The fourth-order valence-electron chi connectivity index (χ4n) is 3.96. The zero-order valence-electron chi connectivity index (χ0n) is 19.1. The SMILES string of the molecule is Oc1ccc2c(c1F)SCCC2.Oc1ccccc1.c1ccc(CCCN2CCCC2)cc1. The number of para-hydroxylation sites is 1. The Morgan fingerprint density at radius 2 is 1.48 bits per heavy atom. The lowest BCUT2D eigenvalue weighted by atomic mass is 10.1. The van der Waals surface area contributed by atoms with Gasteiger partial charge in [0.1, 0.15) is 5.75 Å². The van der Waals surface area contributed by atoms with Crippen molar-refractivity contribution in [2.45, 2.75) is 43.4 Å². The molecule has 3 nitrogen and oxygen atoms in total. The lowest BCUT2D eigenvalue weighted by Gasteiger charge is -2.15. The molecule has 0 atom stereocenters. The van der Waals surface area contributed by atoms with E-state index in [1.165, 1.54) is 68.7 Å². The van der Waals surface area contributed by atoms with Gasteiger partial charge in [-0.05, 0) is 93.2 Å². The molecule has 0 saturated carbocycles. The Balaban J connectivity index is 0.000000147. The van der Waals surface area contributed by atoms with Crippen LogP contribution in [-0.4, -0.2) is 40.5 Å². The number of nitrogens with zero attached hydrogens (tertiary/aromatic N) is 1. The maximum Gasteiger partial charge on any atom is 0.178 e. The molecule has 2 heterocycles. The number of aromatic hydroxyl groups is 2. The number of phenols is 2. The van der Waals surface area contributed by atoms with Crippen LogP contribution < -0.4 is 0 Å². The molecule has 2 aliphatic rings. The molecular formula is C28H34FNO2S. The summed E-state index contributed by atoms with van der Waals surface area (Å²) in [5, 5.41) is 17.7. The molecule has 2 aliphatic heterocycles. The Morgan fingerprint density at radius 3 is 2.12 bits per heavy atom. The Morgan fingerprint density at radius 1 is 0.818 bits per heavy atom. The minimum absolute atomic E-state index is 0.233. The van der Waals surface area contributed by atoms with Crippen molar-refractivity contribution in [1.82, 2.24) is 4.90 Å². The van der Waals surface area contributed by atoms with Crippen molar-refractivity contribution in [2.24, 2.45) is 0 Å². The van der Waals surface area contributed by atoms with Crippen LogP contribution in [0, 0.1) is 5.82 Å². The number of phenolic OH excluding ortho intramolecular Hbond substituents is 2. The van der Waals surface area contributed by atoms with Crippen LogP contribution in [0.5, 0.6) is 11.5 Å². The van der Waals surface area contributed by atoms with E-state index in [9.17, 15) is 4.39 Å². The molecule has 2 N–H and O–H groups in total. The minimum atomic E-state index is -0.447. The first-order chi connectivity index (χ1) is 16.1. The first-order valence-electron chi connectivity index (χ1n) is 11.8. The highest BCUT2D eigenvalue weighted by atomic mass is 32.2. The maximum absolute atomic E-state index is 13.2. The average Bonchev–Trinajstić information content (AvgIpc) is 3.37. The summed E-state index contributed by atoms with van der Waals surface area (Å²) >= 11 is 1.49. The van der Waals surface area contributed by atoms with Gasteiger partial charge in [0.15, 0.2) is 11.6 Å². The Hall–Kier alpha value is -2.50. The van der Waals surface area contributed by atoms with Crippen molar-refractivity contribution < 1.29 is 14.6 Å². The largest absolute Gasteiger partial charge is 0.508 e. The summed E-state index contributed by atoms with van der Waals surface area (Å²) in [6.07, 6.45) is 7.39. The van der Waals surface area contributed by atoms with Gasteiger partial charge < -0.3 is 15.1 Å². The first kappa shape index (κ1) is 25.1. The third kappa shape index (κ3) is 8.75. The van der Waals surface area contributed by atoms with Crippen molar-refractivity contribution in [2.75, 3.05) is 25.4 Å². The molecule has 33 heavy (non-hydrogen) atoms. The molecule has 0 unspecified atom stereocenters. The predicted molar refractivity (Wildman–Crippen MR) is 136 cm³/mol. The molecule has 1 saturated heterocycles. The van der Waals surface area contributed by atoms with Gasteiger partial charge in [-0.1, -0.05) is 54.6 Å². The Kier molecular flexibility index (Phi) is 10.6. The monoisotopic (exact) mass is 467 g/mol. The van der Waals surface area contributed by atoms with Crippen LogP contribution in [0.25, 0.3) is 0 Å². The fraction of sp³-hybridized carbons (Fsp3) is 0.357. The van der Waals surface area contributed by atoms with Gasteiger partial charge in [-0.15, -0.1) is 11.8 Å². The first-order valence-corrected chi connectivity index (χ1v) is 12.8. The maximum atomic E-state index is 13.2. The summed E-state index contributed by atoms with van der Waals surface area (Å²) in [6.45, 7) is 3.94. The second-order valence-electron chi connectivity index (χ2n) is 8.31. The molecule has 1 fully saturated rings. The van der Waals surface area contributed by atoms with E-state index in [2.05, 4.69) is 35.2 Å². The van der Waals surface area contributed by atoms with Gasteiger partial charge in [0.05, 0.1) is 4.90 Å². The van der Waals surface area contributed by atoms with E-state index in [0.717, 1.165) is 24.2 Å². The molecular weight excluding hydrogens is 433 g/mol. The van der Waals surface area contributed by atoms with Gasteiger partial charge in [-0.3, -0.25) is 0 Å². The van der Waals surface area contributed by atoms with Crippen molar-refractivity contribution in [1.29, 1.82) is 0 Å². The number of likely N-dealkylation sites (tertiary alicyclic amines) is 1. The highest BCUT2D eigenvalue weighted by Gasteiger charge is 2.16. The van der Waals surface area contributed by atoms with Crippen molar-refractivity contribution in [3.05, 3.63) is 89.7 Å². The molecule has 3 aromatic carbocycles. The van der Waals surface area contributed by atoms with E-state index in [0.29, 0.717) is 10.6 Å². The predicted octanol–water partition coefficient (Wildman–Crippen LogP) is 6.68. The van der Waals surface area contributed by atoms with Crippen molar-refractivity contribution >= 4 is 11.8 Å². The lowest BCUT2D eigenvalue weighted by Crippen LogP contribution is -2.20. The Bertz CT molecular complexity index is 947. The second kappa shape index (κ2) is 13.9. The number of benzene rings is 3. The van der Waals surface area contributed by atoms with E-state index in [1.807, 2.05) is 6.07 Å². The molecule has 0 spiro atoms. The number of hydrogen-bond donors (Lipinski definition) is 2. The van der Waals surface area contributed by atoms with Crippen LogP contribution in [0.1, 0.15) is 36.8 Å². The van der Waals surface area contributed by atoms with Crippen LogP contribution in [0.4, 0.5) is 4.39 Å². The summed E-state index contributed by atoms with van der Waals surface area (Å²) in [5.41, 5.74) is 2.51. The summed E-state index contributed by atoms with van der Waals surface area (Å²) in [6, 6.07) is 22.7. The van der Waals surface area contributed by atoms with Gasteiger partial charge in [0.2, 0.25) is 0 Å². The van der Waals surface area contributed by atoms with Crippen molar-refractivity contribution in [3.8, 4) is 11.5 Å². The standard InChI is InChI=1S/C13H19N.C9H9FOS.C6H6O/c1-2-7-13(8-3-1)9-6-12-14-10-4-5-11-14;10-8-7(11)4-3-6-2-1-5-12-9(6)8;7-6-4-2-1-3-5-6/h1-3,7-8H,4-6,9-12H2;3-4,11H,1-2,5H2;1-5,7H. The summed E-state index contributed by atoms with van der Waals surface area (Å²) in [7, 11) is 0. The van der Waals surface area contributed by atoms with Gasteiger partial charge in [0, 0.05) is 0 Å². The van der Waals surface area contributed by atoms with Gasteiger partial charge in [-0.2, -0.15) is 0 Å².